The maximum absolute atomic E-state index is 13.7. The molecule has 0 bridgehead atoms. The number of benzene rings is 1. The number of aliphatic hydroxyl groups excluding tert-OH is 1. The number of sulfonamides is 1. The van der Waals surface area contributed by atoms with Crippen LogP contribution in [0.4, 0.5) is 4.39 Å². The average Bonchev–Trinajstić information content (AvgIpc) is 2.35. The van der Waals surface area contributed by atoms with E-state index < -0.39 is 28.3 Å². The van der Waals surface area contributed by atoms with Crippen LogP contribution in [0.3, 0.4) is 0 Å². The Bertz CT molecular complexity index is 519. The van der Waals surface area contributed by atoms with Crippen molar-refractivity contribution in [2.45, 2.75) is 49.4 Å². The fourth-order valence-corrected chi connectivity index (χ4v) is 3.53. The number of nitrogens with one attached hydrogen (secondary N) is 1. The molecule has 19 heavy (non-hydrogen) atoms. The van der Waals surface area contributed by atoms with Gasteiger partial charge < -0.3 is 5.11 Å². The summed E-state index contributed by atoms with van der Waals surface area (Å²) in [5, 5.41) is 9.73. The molecule has 0 amide bonds. The first-order chi connectivity index (χ1) is 8.90. The molecule has 0 spiro atoms. The molecule has 0 heterocycles. The van der Waals surface area contributed by atoms with Crippen molar-refractivity contribution in [3.8, 4) is 0 Å². The second-order valence-corrected chi connectivity index (χ2v) is 6.69. The van der Waals surface area contributed by atoms with E-state index in [0.717, 1.165) is 5.56 Å². The highest BCUT2D eigenvalue weighted by Crippen LogP contribution is 2.23. The first-order valence-electron chi connectivity index (χ1n) is 6.31. The van der Waals surface area contributed by atoms with Gasteiger partial charge in [-0.1, -0.05) is 17.7 Å². The van der Waals surface area contributed by atoms with Gasteiger partial charge in [-0.3, -0.25) is 0 Å². The quantitative estimate of drug-likeness (QED) is 0.886. The van der Waals surface area contributed by atoms with E-state index in [2.05, 4.69) is 4.72 Å². The largest absolute Gasteiger partial charge is 0.391 e. The van der Waals surface area contributed by atoms with E-state index in [-0.39, 0.29) is 11.3 Å². The molecule has 2 N–H and O–H groups in total. The molecule has 1 aromatic carbocycles. The van der Waals surface area contributed by atoms with E-state index >= 15 is 0 Å². The molecule has 3 atom stereocenters. The Hall–Kier alpha value is -0.980. The first-order valence-corrected chi connectivity index (χ1v) is 7.79. The van der Waals surface area contributed by atoms with Gasteiger partial charge in [-0.2, -0.15) is 0 Å². The van der Waals surface area contributed by atoms with Crippen LogP contribution in [-0.2, 0) is 10.0 Å². The Kier molecular flexibility index (Phi) is 4.23. The standard InChI is InChI=1S/C13H18FNO3S/c1-9-5-7-10(8-6-9)19(17,18)15-13-11(14)3-2-4-12(13)16/h5-8,11-13,15-16H,2-4H2,1H3/t11-,12-,13+/m1/s1. The Labute approximate surface area is 112 Å². The molecular weight excluding hydrogens is 269 g/mol. The fraction of sp³-hybridized carbons (Fsp3) is 0.538. The third-order valence-electron chi connectivity index (χ3n) is 3.41. The van der Waals surface area contributed by atoms with Gasteiger partial charge >= 0.3 is 0 Å². The minimum Gasteiger partial charge on any atom is -0.391 e. The van der Waals surface area contributed by atoms with Crippen LogP contribution in [0.5, 0.6) is 0 Å². The van der Waals surface area contributed by atoms with Crippen LogP contribution in [0.2, 0.25) is 0 Å². The third kappa shape index (κ3) is 3.32. The van der Waals surface area contributed by atoms with Crippen molar-refractivity contribution < 1.29 is 17.9 Å². The predicted molar refractivity (Wildman–Crippen MR) is 70.0 cm³/mol. The van der Waals surface area contributed by atoms with Gasteiger partial charge in [-0.25, -0.2) is 17.5 Å². The van der Waals surface area contributed by atoms with Crippen molar-refractivity contribution in [2.24, 2.45) is 0 Å². The van der Waals surface area contributed by atoms with E-state index in [4.69, 9.17) is 0 Å². The predicted octanol–water partition coefficient (Wildman–Crippen LogP) is 1.52. The lowest BCUT2D eigenvalue weighted by molar-refractivity contribution is 0.0517. The number of rotatable bonds is 3. The first kappa shape index (κ1) is 14.4. The van der Waals surface area contributed by atoms with Gasteiger partial charge in [-0.15, -0.1) is 0 Å². The number of aryl methyl sites for hydroxylation is 1. The van der Waals surface area contributed by atoms with Crippen molar-refractivity contribution in [1.29, 1.82) is 0 Å². The van der Waals surface area contributed by atoms with Crippen LogP contribution in [0.15, 0.2) is 29.2 Å². The molecular formula is C13H18FNO3S. The summed E-state index contributed by atoms with van der Waals surface area (Å²) in [5.74, 6) is 0. The van der Waals surface area contributed by atoms with Gasteiger partial charge in [0.2, 0.25) is 10.0 Å². The maximum Gasteiger partial charge on any atom is 0.241 e. The summed E-state index contributed by atoms with van der Waals surface area (Å²) >= 11 is 0. The minimum absolute atomic E-state index is 0.0862. The number of hydrogen-bond acceptors (Lipinski definition) is 3. The molecule has 1 saturated carbocycles. The number of alkyl halides is 1. The van der Waals surface area contributed by atoms with Crippen molar-refractivity contribution in [2.75, 3.05) is 0 Å². The molecule has 0 aromatic heterocycles. The highest BCUT2D eigenvalue weighted by molar-refractivity contribution is 7.89. The zero-order valence-corrected chi connectivity index (χ0v) is 11.5. The highest BCUT2D eigenvalue weighted by Gasteiger charge is 2.35. The van der Waals surface area contributed by atoms with E-state index in [1.54, 1.807) is 12.1 Å². The Morgan fingerprint density at radius 1 is 1.26 bits per heavy atom. The molecule has 1 aliphatic carbocycles. The molecule has 2 rings (SSSR count). The summed E-state index contributed by atoms with van der Waals surface area (Å²) in [6, 6.07) is 5.25. The van der Waals surface area contributed by atoms with Gasteiger partial charge in [0.15, 0.2) is 0 Å². The van der Waals surface area contributed by atoms with Crippen LogP contribution in [-0.4, -0.2) is 31.8 Å². The van der Waals surface area contributed by atoms with Crippen LogP contribution in [0.25, 0.3) is 0 Å². The number of hydrogen-bond donors (Lipinski definition) is 2. The van der Waals surface area contributed by atoms with Crippen molar-refractivity contribution >= 4 is 10.0 Å². The second kappa shape index (κ2) is 5.56. The summed E-state index contributed by atoms with van der Waals surface area (Å²) in [4.78, 5) is 0.0862. The Morgan fingerprint density at radius 2 is 1.89 bits per heavy atom. The van der Waals surface area contributed by atoms with Crippen LogP contribution in [0, 0.1) is 6.92 Å². The lowest BCUT2D eigenvalue weighted by Gasteiger charge is -2.31. The molecule has 1 aromatic rings. The van der Waals surface area contributed by atoms with Crippen LogP contribution < -0.4 is 4.72 Å². The topological polar surface area (TPSA) is 66.4 Å². The molecule has 4 nitrogen and oxygen atoms in total. The van der Waals surface area contributed by atoms with Crippen molar-refractivity contribution in [3.05, 3.63) is 29.8 Å². The summed E-state index contributed by atoms with van der Waals surface area (Å²) in [6.45, 7) is 1.85. The summed E-state index contributed by atoms with van der Waals surface area (Å²) in [6.07, 6.45) is -1.04. The third-order valence-corrected chi connectivity index (χ3v) is 4.88. The highest BCUT2D eigenvalue weighted by atomic mass is 32.2. The second-order valence-electron chi connectivity index (χ2n) is 4.97. The molecule has 0 unspecified atom stereocenters. The zero-order chi connectivity index (χ0) is 14.0. The smallest absolute Gasteiger partial charge is 0.241 e. The summed E-state index contributed by atoms with van der Waals surface area (Å²) in [5.41, 5.74) is 0.944. The number of aliphatic hydroxyl groups is 1. The number of halogens is 1. The fourth-order valence-electron chi connectivity index (χ4n) is 2.24. The Balaban J connectivity index is 2.18. The van der Waals surface area contributed by atoms with Crippen LogP contribution in [0.1, 0.15) is 24.8 Å². The summed E-state index contributed by atoms with van der Waals surface area (Å²) < 4.78 is 40.2. The molecule has 6 heteroatoms. The molecule has 0 radical (unpaired) electrons. The van der Waals surface area contributed by atoms with E-state index in [9.17, 15) is 17.9 Å². The minimum atomic E-state index is -3.79. The van der Waals surface area contributed by atoms with Crippen molar-refractivity contribution in [1.82, 2.24) is 4.72 Å². The molecule has 1 fully saturated rings. The monoisotopic (exact) mass is 287 g/mol. The summed E-state index contributed by atoms with van der Waals surface area (Å²) in [7, 11) is -3.79. The zero-order valence-electron chi connectivity index (χ0n) is 10.7. The SMILES string of the molecule is Cc1ccc(S(=O)(=O)N[C@@H]2[C@H](O)CCC[C@H]2F)cc1. The van der Waals surface area contributed by atoms with E-state index in [0.29, 0.717) is 12.8 Å². The van der Waals surface area contributed by atoms with Gasteiger partial charge in [-0.05, 0) is 38.3 Å². The molecule has 106 valence electrons. The van der Waals surface area contributed by atoms with E-state index in [1.165, 1.54) is 12.1 Å². The molecule has 0 aliphatic heterocycles. The van der Waals surface area contributed by atoms with Gasteiger partial charge in [0.25, 0.3) is 0 Å². The maximum atomic E-state index is 13.7. The van der Waals surface area contributed by atoms with E-state index in [1.807, 2.05) is 6.92 Å². The molecule has 0 saturated heterocycles. The van der Waals surface area contributed by atoms with Crippen LogP contribution >= 0.6 is 0 Å². The molecule has 1 aliphatic rings. The van der Waals surface area contributed by atoms with Gasteiger partial charge in [0.1, 0.15) is 6.17 Å². The lowest BCUT2D eigenvalue weighted by Crippen LogP contribution is -2.51. The Morgan fingerprint density at radius 3 is 2.47 bits per heavy atom. The van der Waals surface area contributed by atoms with Crippen molar-refractivity contribution in [3.63, 3.8) is 0 Å². The normalized spacial score (nSPS) is 28.3. The van der Waals surface area contributed by atoms with Gasteiger partial charge in [0.05, 0.1) is 17.0 Å². The lowest BCUT2D eigenvalue weighted by atomic mass is 9.92. The average molecular weight is 287 g/mol. The van der Waals surface area contributed by atoms with Gasteiger partial charge in [0, 0.05) is 0 Å².